The third kappa shape index (κ3) is 5.82. The number of carbonyl (C=O) groups is 2. The first-order valence-electron chi connectivity index (χ1n) is 9.99. The molecule has 10 heteroatoms. The summed E-state index contributed by atoms with van der Waals surface area (Å²) in [7, 11) is 0. The topological polar surface area (TPSA) is 102 Å². The highest BCUT2D eigenvalue weighted by atomic mass is 35.5. The molecule has 0 spiro atoms. The van der Waals surface area contributed by atoms with Gasteiger partial charge in [-0.1, -0.05) is 41.6 Å². The quantitative estimate of drug-likeness (QED) is 0.360. The van der Waals surface area contributed by atoms with Crippen LogP contribution in [0, 0.1) is 6.92 Å². The van der Waals surface area contributed by atoms with Gasteiger partial charge < -0.3 is 15.1 Å². The number of carbonyl (C=O) groups excluding carboxylic acids is 2. The van der Waals surface area contributed by atoms with E-state index in [1.807, 2.05) is 37.3 Å². The molecule has 0 atom stereocenters. The molecule has 8 nitrogen and oxygen atoms in total. The van der Waals surface area contributed by atoms with Gasteiger partial charge in [0.15, 0.2) is 10.9 Å². The highest BCUT2D eigenvalue weighted by molar-refractivity contribution is 7.99. The number of furan rings is 1. The number of benzene rings is 2. The molecule has 0 saturated heterocycles. The normalized spacial score (nSPS) is 10.7. The Labute approximate surface area is 199 Å². The van der Waals surface area contributed by atoms with Gasteiger partial charge in [0.25, 0.3) is 5.91 Å². The number of anilines is 1. The zero-order valence-electron chi connectivity index (χ0n) is 17.6. The summed E-state index contributed by atoms with van der Waals surface area (Å²) in [6, 6.07) is 16.2. The minimum atomic E-state index is -0.337. The fraction of sp³-hybridized carbons (Fsp3) is 0.130. The summed E-state index contributed by atoms with van der Waals surface area (Å²) in [5.41, 5.74) is 3.27. The lowest BCUT2D eigenvalue weighted by Crippen LogP contribution is -2.24. The summed E-state index contributed by atoms with van der Waals surface area (Å²) in [6.45, 7) is 2.26. The van der Waals surface area contributed by atoms with Gasteiger partial charge in [-0.05, 0) is 54.4 Å². The maximum absolute atomic E-state index is 12.4. The second-order valence-electron chi connectivity index (χ2n) is 7.11. The largest absolute Gasteiger partial charge is 0.459 e. The molecular weight excluding hydrogens is 462 g/mol. The van der Waals surface area contributed by atoms with E-state index in [0.29, 0.717) is 22.4 Å². The molecule has 4 aromatic rings. The van der Waals surface area contributed by atoms with Crippen LogP contribution in [0.3, 0.4) is 0 Å². The first-order chi connectivity index (χ1) is 16.0. The first kappa shape index (κ1) is 22.6. The van der Waals surface area contributed by atoms with Gasteiger partial charge in [-0.3, -0.25) is 14.2 Å². The van der Waals surface area contributed by atoms with Crippen molar-refractivity contribution in [3.8, 4) is 5.69 Å². The number of aryl methyl sites for hydroxylation is 1. The van der Waals surface area contributed by atoms with E-state index in [2.05, 4.69) is 20.8 Å². The van der Waals surface area contributed by atoms with Crippen LogP contribution in [0.4, 0.5) is 5.69 Å². The molecule has 2 heterocycles. The van der Waals surface area contributed by atoms with Crippen molar-refractivity contribution in [1.29, 1.82) is 0 Å². The number of hydrogen-bond donors (Lipinski definition) is 2. The number of halogens is 1. The molecule has 0 bridgehead atoms. The van der Waals surface area contributed by atoms with Gasteiger partial charge in [0.2, 0.25) is 5.91 Å². The minimum Gasteiger partial charge on any atom is -0.459 e. The van der Waals surface area contributed by atoms with E-state index in [9.17, 15) is 9.59 Å². The van der Waals surface area contributed by atoms with E-state index >= 15 is 0 Å². The standard InChI is InChI=1S/C23H20ClN5O3S/c1-15-7-8-18(11-19(15)24)29-14-26-28-23(29)33-13-21(30)25-12-16-4-2-5-17(10-16)27-22(31)20-6-3-9-32-20/h2-11,14H,12-13H2,1H3,(H,25,30)(H,27,31). The van der Waals surface area contributed by atoms with Crippen molar-refractivity contribution in [1.82, 2.24) is 20.1 Å². The maximum atomic E-state index is 12.4. The highest BCUT2D eigenvalue weighted by Gasteiger charge is 2.12. The zero-order chi connectivity index (χ0) is 23.2. The number of aromatic nitrogens is 3. The Morgan fingerprint density at radius 2 is 2.03 bits per heavy atom. The van der Waals surface area contributed by atoms with E-state index in [-0.39, 0.29) is 23.3 Å². The molecule has 0 aliphatic heterocycles. The summed E-state index contributed by atoms with van der Waals surface area (Å²) in [4.78, 5) is 24.5. The second kappa shape index (κ2) is 10.4. The number of hydrogen-bond acceptors (Lipinski definition) is 6. The summed E-state index contributed by atoms with van der Waals surface area (Å²) in [5.74, 6) is -0.0858. The lowest BCUT2D eigenvalue weighted by atomic mass is 10.2. The van der Waals surface area contributed by atoms with E-state index in [1.165, 1.54) is 18.0 Å². The predicted octanol–water partition coefficient (Wildman–Crippen LogP) is 4.48. The summed E-state index contributed by atoms with van der Waals surface area (Å²) >= 11 is 7.50. The molecule has 0 aliphatic carbocycles. The third-order valence-corrected chi connectivity index (χ3v) is 6.05. The number of thioether (sulfide) groups is 1. The van der Waals surface area contributed by atoms with Crippen molar-refractivity contribution < 1.29 is 14.0 Å². The lowest BCUT2D eigenvalue weighted by Gasteiger charge is -2.09. The molecule has 33 heavy (non-hydrogen) atoms. The second-order valence-corrected chi connectivity index (χ2v) is 8.46. The van der Waals surface area contributed by atoms with Gasteiger partial charge in [0, 0.05) is 17.3 Å². The van der Waals surface area contributed by atoms with Crippen molar-refractivity contribution in [2.45, 2.75) is 18.6 Å². The van der Waals surface area contributed by atoms with Crippen molar-refractivity contribution in [3.05, 3.63) is 89.1 Å². The summed E-state index contributed by atoms with van der Waals surface area (Å²) in [6.07, 6.45) is 3.03. The van der Waals surface area contributed by atoms with Crippen LogP contribution in [0.1, 0.15) is 21.7 Å². The molecule has 2 aromatic heterocycles. The van der Waals surface area contributed by atoms with Crippen LogP contribution in [-0.2, 0) is 11.3 Å². The van der Waals surface area contributed by atoms with Crippen molar-refractivity contribution in [2.24, 2.45) is 0 Å². The van der Waals surface area contributed by atoms with E-state index in [1.54, 1.807) is 35.2 Å². The van der Waals surface area contributed by atoms with Crippen LogP contribution in [-0.4, -0.2) is 32.3 Å². The Morgan fingerprint density at radius 3 is 2.82 bits per heavy atom. The van der Waals surface area contributed by atoms with Crippen LogP contribution >= 0.6 is 23.4 Å². The van der Waals surface area contributed by atoms with Gasteiger partial charge >= 0.3 is 0 Å². The summed E-state index contributed by atoms with van der Waals surface area (Å²) in [5, 5.41) is 14.9. The Bertz CT molecular complexity index is 1270. The van der Waals surface area contributed by atoms with Crippen LogP contribution in [0.2, 0.25) is 5.02 Å². The van der Waals surface area contributed by atoms with Gasteiger partial charge in [-0.25, -0.2) is 0 Å². The number of amides is 2. The van der Waals surface area contributed by atoms with E-state index in [4.69, 9.17) is 16.0 Å². The van der Waals surface area contributed by atoms with Gasteiger partial charge in [0.05, 0.1) is 17.7 Å². The van der Waals surface area contributed by atoms with Gasteiger partial charge in [0.1, 0.15) is 6.33 Å². The molecule has 0 saturated carbocycles. The molecule has 4 rings (SSSR count). The highest BCUT2D eigenvalue weighted by Crippen LogP contribution is 2.23. The minimum absolute atomic E-state index is 0.151. The molecule has 2 aromatic carbocycles. The number of nitrogens with one attached hydrogen (secondary N) is 2. The van der Waals surface area contributed by atoms with Gasteiger partial charge in [-0.15, -0.1) is 10.2 Å². The number of rotatable bonds is 8. The van der Waals surface area contributed by atoms with E-state index < -0.39 is 0 Å². The first-order valence-corrected chi connectivity index (χ1v) is 11.4. The predicted molar refractivity (Wildman–Crippen MR) is 127 cm³/mol. The Balaban J connectivity index is 1.30. The fourth-order valence-electron chi connectivity index (χ4n) is 2.97. The monoisotopic (exact) mass is 481 g/mol. The molecule has 168 valence electrons. The SMILES string of the molecule is Cc1ccc(-n2cnnc2SCC(=O)NCc2cccc(NC(=O)c3ccco3)c2)cc1Cl. The van der Waals surface area contributed by atoms with Crippen molar-refractivity contribution in [2.75, 3.05) is 11.1 Å². The lowest BCUT2D eigenvalue weighted by molar-refractivity contribution is -0.118. The smallest absolute Gasteiger partial charge is 0.291 e. The van der Waals surface area contributed by atoms with Crippen LogP contribution < -0.4 is 10.6 Å². The van der Waals surface area contributed by atoms with Crippen LogP contribution in [0.25, 0.3) is 5.69 Å². The van der Waals surface area contributed by atoms with Crippen LogP contribution in [0.5, 0.6) is 0 Å². The number of nitrogens with zero attached hydrogens (tertiary/aromatic N) is 3. The molecule has 0 fully saturated rings. The molecule has 0 aliphatic rings. The Morgan fingerprint density at radius 1 is 1.15 bits per heavy atom. The van der Waals surface area contributed by atoms with Crippen molar-refractivity contribution >= 4 is 40.9 Å². The van der Waals surface area contributed by atoms with Gasteiger partial charge in [-0.2, -0.15) is 0 Å². The molecule has 2 amide bonds. The Kier molecular flexibility index (Phi) is 7.11. The van der Waals surface area contributed by atoms with Crippen LogP contribution in [0.15, 0.2) is 76.8 Å². The molecular formula is C23H20ClN5O3S. The average molecular weight is 482 g/mol. The third-order valence-electron chi connectivity index (χ3n) is 4.70. The van der Waals surface area contributed by atoms with Crippen molar-refractivity contribution in [3.63, 3.8) is 0 Å². The Hall–Kier alpha value is -3.56. The summed E-state index contributed by atoms with van der Waals surface area (Å²) < 4.78 is 6.88. The fourth-order valence-corrected chi connectivity index (χ4v) is 3.91. The molecule has 0 radical (unpaired) electrons. The zero-order valence-corrected chi connectivity index (χ0v) is 19.2. The molecule has 0 unspecified atom stereocenters. The maximum Gasteiger partial charge on any atom is 0.291 e. The average Bonchev–Trinajstić information content (AvgIpc) is 3.51. The van der Waals surface area contributed by atoms with E-state index in [0.717, 1.165) is 16.8 Å². The molecule has 2 N–H and O–H groups in total.